The van der Waals surface area contributed by atoms with Gasteiger partial charge in [-0.05, 0) is 43.3 Å². The summed E-state index contributed by atoms with van der Waals surface area (Å²) in [5.41, 5.74) is 1.21. The first-order valence-corrected chi connectivity index (χ1v) is 8.30. The second-order valence-corrected chi connectivity index (χ2v) is 5.46. The number of aromatic nitrogens is 2. The van der Waals surface area contributed by atoms with Crippen molar-refractivity contribution in [3.05, 3.63) is 72.1 Å². The summed E-state index contributed by atoms with van der Waals surface area (Å²) in [6, 6.07) is 15.4. The van der Waals surface area contributed by atoms with Crippen LogP contribution in [-0.4, -0.2) is 35.4 Å². The monoisotopic (exact) mass is 366 g/mol. The molecule has 0 atom stereocenters. The van der Waals surface area contributed by atoms with Gasteiger partial charge in [-0.1, -0.05) is 18.2 Å². The maximum absolute atomic E-state index is 12.5. The van der Waals surface area contributed by atoms with Gasteiger partial charge in [0, 0.05) is 0 Å². The van der Waals surface area contributed by atoms with Gasteiger partial charge in [-0.2, -0.15) is 5.10 Å². The largest absolute Gasteiger partial charge is 0.493 e. The lowest BCUT2D eigenvalue weighted by Crippen LogP contribution is -2.11. The predicted molar refractivity (Wildman–Crippen MR) is 97.5 cm³/mol. The number of esters is 2. The molecule has 138 valence electrons. The van der Waals surface area contributed by atoms with Gasteiger partial charge in [-0.3, -0.25) is 0 Å². The molecule has 0 amide bonds. The van der Waals surface area contributed by atoms with Crippen molar-refractivity contribution in [2.75, 3.05) is 13.7 Å². The zero-order chi connectivity index (χ0) is 19.2. The molecule has 0 fully saturated rings. The maximum Gasteiger partial charge on any atom is 0.368 e. The molecule has 0 N–H and O–H groups in total. The predicted octanol–water partition coefficient (Wildman–Crippen LogP) is 3.28. The number of ether oxygens (including phenoxy) is 3. The van der Waals surface area contributed by atoms with Gasteiger partial charge < -0.3 is 14.2 Å². The fourth-order valence-electron chi connectivity index (χ4n) is 2.39. The third-order valence-electron chi connectivity index (χ3n) is 3.69. The van der Waals surface area contributed by atoms with Crippen LogP contribution in [0, 0.1) is 0 Å². The van der Waals surface area contributed by atoms with Gasteiger partial charge in [-0.25, -0.2) is 14.3 Å². The molecule has 0 aliphatic carbocycles. The minimum Gasteiger partial charge on any atom is -0.493 e. The summed E-state index contributed by atoms with van der Waals surface area (Å²) in [4.78, 5) is 24.2. The van der Waals surface area contributed by atoms with Crippen molar-refractivity contribution < 1.29 is 23.8 Å². The van der Waals surface area contributed by atoms with Crippen molar-refractivity contribution in [1.29, 1.82) is 0 Å². The number of hydrogen-bond donors (Lipinski definition) is 0. The van der Waals surface area contributed by atoms with Crippen LogP contribution < -0.4 is 9.47 Å². The molecule has 0 aliphatic heterocycles. The Labute approximate surface area is 156 Å². The SMILES string of the molecule is CCOC(=O)c1ccc(OC(=O)c2nn(-c3ccccc3)cc2OC)cc1. The lowest BCUT2D eigenvalue weighted by atomic mass is 10.2. The summed E-state index contributed by atoms with van der Waals surface area (Å²) in [5.74, 6) is -0.513. The Morgan fingerprint density at radius 2 is 1.70 bits per heavy atom. The van der Waals surface area contributed by atoms with Crippen LogP contribution in [-0.2, 0) is 4.74 Å². The van der Waals surface area contributed by atoms with E-state index in [0.717, 1.165) is 5.69 Å². The molecular weight excluding hydrogens is 348 g/mol. The highest BCUT2D eigenvalue weighted by molar-refractivity contribution is 5.92. The van der Waals surface area contributed by atoms with Crippen molar-refractivity contribution >= 4 is 11.9 Å². The van der Waals surface area contributed by atoms with E-state index >= 15 is 0 Å². The van der Waals surface area contributed by atoms with E-state index in [-0.39, 0.29) is 11.4 Å². The van der Waals surface area contributed by atoms with E-state index in [2.05, 4.69) is 5.10 Å². The first-order valence-electron chi connectivity index (χ1n) is 8.30. The standard InChI is InChI=1S/C20H18N2O5/c1-3-26-19(23)14-9-11-16(12-10-14)27-20(24)18-17(25-2)13-22(21-18)15-7-5-4-6-8-15/h4-13H,3H2,1-2H3. The molecule has 2 aromatic carbocycles. The summed E-state index contributed by atoms with van der Waals surface area (Å²) in [6.45, 7) is 2.02. The maximum atomic E-state index is 12.5. The fraction of sp³-hybridized carbons (Fsp3) is 0.150. The van der Waals surface area contributed by atoms with Crippen molar-refractivity contribution in [2.24, 2.45) is 0 Å². The van der Waals surface area contributed by atoms with E-state index in [1.807, 2.05) is 30.3 Å². The van der Waals surface area contributed by atoms with Gasteiger partial charge in [0.1, 0.15) is 5.75 Å². The number of nitrogens with zero attached hydrogens (tertiary/aromatic N) is 2. The van der Waals surface area contributed by atoms with E-state index in [0.29, 0.717) is 17.9 Å². The molecule has 3 aromatic rings. The minimum absolute atomic E-state index is 0.0517. The van der Waals surface area contributed by atoms with Crippen molar-refractivity contribution in [2.45, 2.75) is 6.92 Å². The molecule has 3 rings (SSSR count). The Kier molecular flexibility index (Phi) is 5.51. The highest BCUT2D eigenvalue weighted by Gasteiger charge is 2.20. The van der Waals surface area contributed by atoms with E-state index in [9.17, 15) is 9.59 Å². The molecule has 7 heteroatoms. The second kappa shape index (κ2) is 8.18. The zero-order valence-corrected chi connectivity index (χ0v) is 14.9. The molecule has 0 unspecified atom stereocenters. The Balaban J connectivity index is 1.78. The van der Waals surface area contributed by atoms with Crippen LogP contribution in [0.25, 0.3) is 5.69 Å². The third kappa shape index (κ3) is 4.14. The summed E-state index contributed by atoms with van der Waals surface area (Å²) >= 11 is 0. The zero-order valence-electron chi connectivity index (χ0n) is 14.9. The van der Waals surface area contributed by atoms with Crippen LogP contribution in [0.1, 0.15) is 27.8 Å². The lowest BCUT2D eigenvalue weighted by Gasteiger charge is -2.05. The number of carbonyl (C=O) groups is 2. The number of para-hydroxylation sites is 1. The average molecular weight is 366 g/mol. The molecule has 0 aliphatic rings. The van der Waals surface area contributed by atoms with Gasteiger partial charge in [-0.15, -0.1) is 0 Å². The molecule has 0 saturated carbocycles. The highest BCUT2D eigenvalue weighted by Crippen LogP contribution is 2.22. The van der Waals surface area contributed by atoms with Gasteiger partial charge >= 0.3 is 11.9 Å². The van der Waals surface area contributed by atoms with Gasteiger partial charge in [0.2, 0.25) is 5.69 Å². The van der Waals surface area contributed by atoms with Crippen LogP contribution in [0.5, 0.6) is 11.5 Å². The average Bonchev–Trinajstić information content (AvgIpc) is 3.14. The number of hydrogen-bond acceptors (Lipinski definition) is 6. The Morgan fingerprint density at radius 1 is 1.00 bits per heavy atom. The number of benzene rings is 2. The Hall–Kier alpha value is -3.61. The number of methoxy groups -OCH3 is 1. The molecule has 27 heavy (non-hydrogen) atoms. The molecular formula is C20H18N2O5. The Bertz CT molecular complexity index is 933. The molecule has 0 radical (unpaired) electrons. The smallest absolute Gasteiger partial charge is 0.368 e. The van der Waals surface area contributed by atoms with Crippen LogP contribution in [0.15, 0.2) is 60.8 Å². The van der Waals surface area contributed by atoms with Crippen molar-refractivity contribution in [1.82, 2.24) is 9.78 Å². The molecule has 0 bridgehead atoms. The normalized spacial score (nSPS) is 10.3. The van der Waals surface area contributed by atoms with E-state index in [4.69, 9.17) is 14.2 Å². The van der Waals surface area contributed by atoms with Gasteiger partial charge in [0.25, 0.3) is 0 Å². The van der Waals surface area contributed by atoms with Crippen molar-refractivity contribution in [3.63, 3.8) is 0 Å². The molecule has 0 spiro atoms. The Morgan fingerprint density at radius 3 is 2.33 bits per heavy atom. The van der Waals surface area contributed by atoms with Gasteiger partial charge in [0.15, 0.2) is 5.75 Å². The highest BCUT2D eigenvalue weighted by atomic mass is 16.5. The van der Waals surface area contributed by atoms with Crippen LogP contribution >= 0.6 is 0 Å². The first kappa shape index (κ1) is 18.2. The van der Waals surface area contributed by atoms with E-state index < -0.39 is 11.9 Å². The topological polar surface area (TPSA) is 79.7 Å². The van der Waals surface area contributed by atoms with E-state index in [1.54, 1.807) is 17.8 Å². The summed E-state index contributed by atoms with van der Waals surface area (Å²) in [7, 11) is 1.46. The van der Waals surface area contributed by atoms with Crippen LogP contribution in [0.3, 0.4) is 0 Å². The molecule has 7 nitrogen and oxygen atoms in total. The molecule has 1 heterocycles. The van der Waals surface area contributed by atoms with E-state index in [1.165, 1.54) is 31.4 Å². The minimum atomic E-state index is -0.662. The fourth-order valence-corrected chi connectivity index (χ4v) is 2.39. The summed E-state index contributed by atoms with van der Waals surface area (Å²) < 4.78 is 17.0. The lowest BCUT2D eigenvalue weighted by molar-refractivity contribution is 0.0526. The van der Waals surface area contributed by atoms with Crippen molar-refractivity contribution in [3.8, 4) is 17.2 Å². The van der Waals surface area contributed by atoms with Crippen LogP contribution in [0.2, 0.25) is 0 Å². The summed E-state index contributed by atoms with van der Waals surface area (Å²) in [6.07, 6.45) is 1.61. The molecule has 1 aromatic heterocycles. The first-order chi connectivity index (χ1) is 13.1. The van der Waals surface area contributed by atoms with Crippen LogP contribution in [0.4, 0.5) is 0 Å². The van der Waals surface area contributed by atoms with Gasteiger partial charge in [0.05, 0.1) is 31.2 Å². The summed E-state index contributed by atoms with van der Waals surface area (Å²) in [5, 5.41) is 4.26. The number of carbonyl (C=O) groups excluding carboxylic acids is 2. The molecule has 0 saturated heterocycles. The second-order valence-electron chi connectivity index (χ2n) is 5.46. The quantitative estimate of drug-likeness (QED) is 0.492. The number of rotatable bonds is 6. The third-order valence-corrected chi connectivity index (χ3v) is 3.69.